The van der Waals surface area contributed by atoms with Crippen LogP contribution >= 0.6 is 0 Å². The summed E-state index contributed by atoms with van der Waals surface area (Å²) in [5.41, 5.74) is 11.1. The Morgan fingerprint density at radius 1 is 1.47 bits per heavy atom. The molecule has 0 bridgehead atoms. The maximum atomic E-state index is 12.0. The van der Waals surface area contributed by atoms with Gasteiger partial charge in [-0.15, -0.1) is 13.2 Å². The lowest BCUT2D eigenvalue weighted by Crippen LogP contribution is -2.20. The molecule has 0 fully saturated rings. The van der Waals surface area contributed by atoms with E-state index >= 15 is 0 Å². The Bertz CT molecular complexity index is 453. The van der Waals surface area contributed by atoms with E-state index in [9.17, 15) is 13.2 Å². The van der Waals surface area contributed by atoms with E-state index in [1.165, 1.54) is 0 Å². The molecule has 0 amide bonds. The normalized spacial score (nSPS) is 11.0. The standard InChI is InChI=1S/C9H9F3N4O/c10-9(11,12)17-8-7(15)6(3-14)5(1-2-13)4-16-8/h4H,1,3,14-15H2. The van der Waals surface area contributed by atoms with Gasteiger partial charge >= 0.3 is 6.36 Å². The van der Waals surface area contributed by atoms with Crippen LogP contribution in [0.25, 0.3) is 0 Å². The van der Waals surface area contributed by atoms with Crippen molar-refractivity contribution in [2.24, 2.45) is 5.73 Å². The van der Waals surface area contributed by atoms with Crippen LogP contribution in [-0.2, 0) is 13.0 Å². The van der Waals surface area contributed by atoms with E-state index in [-0.39, 0.29) is 24.2 Å². The number of rotatable bonds is 3. The highest BCUT2D eigenvalue weighted by Gasteiger charge is 2.33. The number of hydrogen-bond acceptors (Lipinski definition) is 5. The van der Waals surface area contributed by atoms with Crippen LogP contribution in [0.5, 0.6) is 5.88 Å². The van der Waals surface area contributed by atoms with Gasteiger partial charge in [-0.3, -0.25) is 0 Å². The molecule has 1 aromatic heterocycles. The van der Waals surface area contributed by atoms with E-state index in [2.05, 4.69) is 9.72 Å². The van der Waals surface area contributed by atoms with Gasteiger partial charge in [0, 0.05) is 12.7 Å². The van der Waals surface area contributed by atoms with E-state index in [0.717, 1.165) is 6.20 Å². The zero-order valence-electron chi connectivity index (χ0n) is 8.58. The van der Waals surface area contributed by atoms with Crippen molar-refractivity contribution in [3.8, 4) is 11.9 Å². The van der Waals surface area contributed by atoms with Gasteiger partial charge in [-0.25, -0.2) is 4.98 Å². The second kappa shape index (κ2) is 4.88. The van der Waals surface area contributed by atoms with Gasteiger partial charge in [-0.2, -0.15) is 5.26 Å². The summed E-state index contributed by atoms with van der Waals surface area (Å²) in [5.74, 6) is -0.750. The fraction of sp³-hybridized carbons (Fsp3) is 0.333. The average molecular weight is 246 g/mol. The first-order valence-electron chi connectivity index (χ1n) is 4.48. The largest absolute Gasteiger partial charge is 0.574 e. The lowest BCUT2D eigenvalue weighted by Gasteiger charge is -2.14. The van der Waals surface area contributed by atoms with Crippen molar-refractivity contribution in [1.29, 1.82) is 5.26 Å². The molecule has 1 heterocycles. The van der Waals surface area contributed by atoms with Gasteiger partial charge in [0.05, 0.1) is 18.2 Å². The highest BCUT2D eigenvalue weighted by Crippen LogP contribution is 2.30. The number of ether oxygens (including phenoxy) is 1. The van der Waals surface area contributed by atoms with Gasteiger partial charge in [-0.05, 0) is 11.1 Å². The number of halogens is 3. The van der Waals surface area contributed by atoms with Gasteiger partial charge in [0.1, 0.15) is 0 Å². The highest BCUT2D eigenvalue weighted by molar-refractivity contribution is 5.58. The molecular formula is C9H9F3N4O. The molecular weight excluding hydrogens is 237 g/mol. The summed E-state index contributed by atoms with van der Waals surface area (Å²) in [6, 6.07) is 1.84. The Morgan fingerprint density at radius 3 is 2.59 bits per heavy atom. The first-order chi connectivity index (χ1) is 7.89. The third kappa shape index (κ3) is 3.22. The van der Waals surface area contributed by atoms with Gasteiger partial charge < -0.3 is 16.2 Å². The molecule has 1 aromatic rings. The molecule has 4 N–H and O–H groups in total. The molecule has 17 heavy (non-hydrogen) atoms. The number of alkyl halides is 3. The molecule has 8 heteroatoms. The van der Waals surface area contributed by atoms with Crippen LogP contribution in [0.4, 0.5) is 18.9 Å². The summed E-state index contributed by atoms with van der Waals surface area (Å²) in [5, 5.41) is 8.52. The minimum absolute atomic E-state index is 0.0317. The highest BCUT2D eigenvalue weighted by atomic mass is 19.4. The minimum atomic E-state index is -4.87. The molecule has 0 saturated carbocycles. The molecule has 92 valence electrons. The Hall–Kier alpha value is -2.01. The maximum absolute atomic E-state index is 12.0. The van der Waals surface area contributed by atoms with Crippen LogP contribution in [0.3, 0.4) is 0 Å². The molecule has 0 unspecified atom stereocenters. The molecule has 0 radical (unpaired) electrons. The van der Waals surface area contributed by atoms with Crippen molar-refractivity contribution >= 4 is 5.69 Å². The molecule has 0 aliphatic rings. The quantitative estimate of drug-likeness (QED) is 0.831. The molecule has 0 aliphatic heterocycles. The zero-order valence-corrected chi connectivity index (χ0v) is 8.58. The van der Waals surface area contributed by atoms with E-state index in [1.807, 2.05) is 6.07 Å². The van der Waals surface area contributed by atoms with E-state index in [1.54, 1.807) is 0 Å². The predicted octanol–water partition coefficient (Wildman–Crippen LogP) is 1.09. The van der Waals surface area contributed by atoms with Crippen LogP contribution in [0, 0.1) is 11.3 Å². The van der Waals surface area contributed by atoms with E-state index < -0.39 is 12.2 Å². The Balaban J connectivity index is 3.16. The average Bonchev–Trinajstić information content (AvgIpc) is 2.21. The summed E-state index contributed by atoms with van der Waals surface area (Å²) in [4.78, 5) is 3.42. The fourth-order valence-corrected chi connectivity index (χ4v) is 1.26. The van der Waals surface area contributed by atoms with Crippen molar-refractivity contribution in [3.63, 3.8) is 0 Å². The number of nitriles is 1. The summed E-state index contributed by atoms with van der Waals surface area (Å²) < 4.78 is 39.6. The first kappa shape index (κ1) is 13.1. The van der Waals surface area contributed by atoms with E-state index in [4.69, 9.17) is 16.7 Å². The van der Waals surface area contributed by atoms with Crippen molar-refractivity contribution in [2.75, 3.05) is 5.73 Å². The van der Waals surface area contributed by atoms with Crippen LogP contribution in [0.15, 0.2) is 6.20 Å². The Labute approximate surface area is 94.8 Å². The SMILES string of the molecule is N#CCc1cnc(OC(F)(F)F)c(N)c1CN. The monoisotopic (exact) mass is 246 g/mol. The van der Waals surface area contributed by atoms with Crippen molar-refractivity contribution in [3.05, 3.63) is 17.3 Å². The van der Waals surface area contributed by atoms with Crippen LogP contribution < -0.4 is 16.2 Å². The number of hydrogen-bond donors (Lipinski definition) is 2. The third-order valence-electron chi connectivity index (χ3n) is 1.97. The van der Waals surface area contributed by atoms with Crippen LogP contribution in [-0.4, -0.2) is 11.3 Å². The first-order valence-corrected chi connectivity index (χ1v) is 4.48. The topological polar surface area (TPSA) is 97.9 Å². The van der Waals surface area contributed by atoms with Crippen molar-refractivity contribution < 1.29 is 17.9 Å². The summed E-state index contributed by atoms with van der Waals surface area (Å²) in [6.07, 6.45) is -3.80. The Kier molecular flexibility index (Phi) is 3.75. The maximum Gasteiger partial charge on any atom is 0.574 e. The number of anilines is 1. The number of pyridine rings is 1. The summed E-state index contributed by atoms with van der Waals surface area (Å²) in [6.45, 7) is -0.0976. The molecule has 0 aliphatic carbocycles. The van der Waals surface area contributed by atoms with Gasteiger partial charge in [-0.1, -0.05) is 0 Å². The fourth-order valence-electron chi connectivity index (χ4n) is 1.26. The van der Waals surface area contributed by atoms with Crippen molar-refractivity contribution in [1.82, 2.24) is 4.98 Å². The number of aromatic nitrogens is 1. The lowest BCUT2D eigenvalue weighted by molar-refractivity contribution is -0.275. The third-order valence-corrected chi connectivity index (χ3v) is 1.97. The molecule has 0 atom stereocenters. The smallest absolute Gasteiger partial charge is 0.394 e. The Morgan fingerprint density at radius 2 is 2.12 bits per heavy atom. The van der Waals surface area contributed by atoms with Gasteiger partial charge in [0.25, 0.3) is 0 Å². The van der Waals surface area contributed by atoms with E-state index in [0.29, 0.717) is 5.56 Å². The molecule has 0 spiro atoms. The minimum Gasteiger partial charge on any atom is -0.394 e. The molecule has 1 rings (SSSR count). The number of nitrogen functional groups attached to an aromatic ring is 1. The second-order valence-corrected chi connectivity index (χ2v) is 3.07. The molecule has 0 aromatic carbocycles. The van der Waals surface area contributed by atoms with Crippen LogP contribution in [0.1, 0.15) is 11.1 Å². The van der Waals surface area contributed by atoms with Gasteiger partial charge in [0.15, 0.2) is 0 Å². The lowest BCUT2D eigenvalue weighted by atomic mass is 10.1. The van der Waals surface area contributed by atoms with Gasteiger partial charge in [0.2, 0.25) is 5.88 Å². The predicted molar refractivity (Wildman–Crippen MR) is 52.5 cm³/mol. The molecule has 0 saturated heterocycles. The summed E-state index contributed by atoms with van der Waals surface area (Å²) in [7, 11) is 0. The van der Waals surface area contributed by atoms with Crippen molar-refractivity contribution in [2.45, 2.75) is 19.3 Å². The van der Waals surface area contributed by atoms with Crippen LogP contribution in [0.2, 0.25) is 0 Å². The summed E-state index contributed by atoms with van der Waals surface area (Å²) >= 11 is 0. The zero-order chi connectivity index (χ0) is 13.1. The second-order valence-electron chi connectivity index (χ2n) is 3.07. The molecule has 5 nitrogen and oxygen atoms in total. The number of nitrogens with two attached hydrogens (primary N) is 2. The number of nitrogens with zero attached hydrogens (tertiary/aromatic N) is 2.